The maximum atomic E-state index is 11.9. The van der Waals surface area contributed by atoms with Gasteiger partial charge in [0.2, 0.25) is 11.5 Å². The van der Waals surface area contributed by atoms with E-state index in [1.54, 1.807) is 12.1 Å². The van der Waals surface area contributed by atoms with E-state index in [9.17, 15) is 9.59 Å². The zero-order chi connectivity index (χ0) is 16.5. The normalized spacial score (nSPS) is 28.5. The molecule has 2 saturated heterocycles. The smallest absolute Gasteiger partial charge is 0.374 e. The average molecular weight is 334 g/mol. The lowest BCUT2D eigenvalue weighted by atomic mass is 10.1. The average Bonchev–Trinajstić information content (AvgIpc) is 3.36. The molecule has 0 aromatic carbocycles. The summed E-state index contributed by atoms with van der Waals surface area (Å²) < 4.78 is 31.9. The number of esters is 2. The maximum Gasteiger partial charge on any atom is 0.374 e. The largest absolute Gasteiger partial charge is 0.457 e. The van der Waals surface area contributed by atoms with Crippen LogP contribution in [0.1, 0.15) is 21.1 Å². The monoisotopic (exact) mass is 334 g/mol. The quantitative estimate of drug-likeness (QED) is 0.775. The van der Waals surface area contributed by atoms with Gasteiger partial charge in [-0.25, -0.2) is 9.59 Å². The van der Waals surface area contributed by atoms with E-state index in [1.165, 1.54) is 24.7 Å². The molecular weight excluding hydrogens is 320 g/mol. The fourth-order valence-corrected chi connectivity index (χ4v) is 2.81. The highest BCUT2D eigenvalue weighted by atomic mass is 16.7. The van der Waals surface area contributed by atoms with E-state index in [1.807, 2.05) is 0 Å². The number of fused-ring (bicyclic) bond motifs is 1. The van der Waals surface area contributed by atoms with Gasteiger partial charge in [0.15, 0.2) is 12.2 Å². The van der Waals surface area contributed by atoms with Gasteiger partial charge in [0.05, 0.1) is 25.7 Å². The van der Waals surface area contributed by atoms with Gasteiger partial charge >= 0.3 is 11.9 Å². The summed E-state index contributed by atoms with van der Waals surface area (Å²) in [5.74, 6) is -0.961. The third-order valence-corrected chi connectivity index (χ3v) is 3.92. The van der Waals surface area contributed by atoms with Crippen molar-refractivity contribution in [3.8, 4) is 0 Å². The van der Waals surface area contributed by atoms with Crippen molar-refractivity contribution >= 4 is 11.9 Å². The molecule has 0 radical (unpaired) electrons. The van der Waals surface area contributed by atoms with Crippen molar-refractivity contribution in [2.75, 3.05) is 13.2 Å². The first-order valence-electron chi connectivity index (χ1n) is 7.44. The number of rotatable bonds is 4. The van der Waals surface area contributed by atoms with Gasteiger partial charge in [-0.2, -0.15) is 0 Å². The molecule has 2 fully saturated rings. The molecule has 2 aromatic rings. The summed E-state index contributed by atoms with van der Waals surface area (Å²) in [6, 6.07) is 6.22. The number of ether oxygens (including phenoxy) is 4. The number of hydrogen-bond donors (Lipinski definition) is 0. The van der Waals surface area contributed by atoms with Gasteiger partial charge in [0, 0.05) is 0 Å². The Morgan fingerprint density at radius 1 is 0.833 bits per heavy atom. The molecule has 24 heavy (non-hydrogen) atoms. The fourth-order valence-electron chi connectivity index (χ4n) is 2.81. The molecule has 0 bridgehead atoms. The van der Waals surface area contributed by atoms with Gasteiger partial charge in [-0.1, -0.05) is 0 Å². The van der Waals surface area contributed by atoms with Crippen molar-refractivity contribution in [3.63, 3.8) is 0 Å². The summed E-state index contributed by atoms with van der Waals surface area (Å²) in [7, 11) is 0. The highest BCUT2D eigenvalue weighted by Gasteiger charge is 2.51. The van der Waals surface area contributed by atoms with Crippen LogP contribution in [0.3, 0.4) is 0 Å². The number of carbonyl (C=O) groups is 2. The first-order chi connectivity index (χ1) is 11.7. The van der Waals surface area contributed by atoms with E-state index in [-0.39, 0.29) is 24.7 Å². The SMILES string of the molecule is O=C(O[C@H]1CO[C@@H]2[C@H]1OC[C@H]2OC(=O)c1ccco1)c1ccco1. The van der Waals surface area contributed by atoms with Gasteiger partial charge < -0.3 is 27.8 Å². The zero-order valence-corrected chi connectivity index (χ0v) is 12.5. The van der Waals surface area contributed by atoms with Crippen molar-refractivity contribution in [1.29, 1.82) is 0 Å². The Labute approximate surface area is 136 Å². The first kappa shape index (κ1) is 15.0. The van der Waals surface area contributed by atoms with E-state index in [0.717, 1.165) is 0 Å². The molecule has 0 unspecified atom stereocenters. The van der Waals surface area contributed by atoms with Gasteiger partial charge in [-0.3, -0.25) is 0 Å². The molecule has 2 aliphatic heterocycles. The second-order valence-corrected chi connectivity index (χ2v) is 5.44. The maximum absolute atomic E-state index is 11.9. The van der Waals surface area contributed by atoms with Crippen molar-refractivity contribution in [3.05, 3.63) is 48.3 Å². The van der Waals surface area contributed by atoms with Crippen molar-refractivity contribution in [2.24, 2.45) is 0 Å². The summed E-state index contributed by atoms with van der Waals surface area (Å²) >= 11 is 0. The Hall–Kier alpha value is -2.58. The molecular formula is C16H14O8. The fraction of sp³-hybridized carbons (Fsp3) is 0.375. The van der Waals surface area contributed by atoms with Crippen molar-refractivity contribution in [2.45, 2.75) is 24.4 Å². The number of furan rings is 2. The Bertz CT molecular complexity index is 642. The van der Waals surface area contributed by atoms with Crippen LogP contribution in [0.2, 0.25) is 0 Å². The lowest BCUT2D eigenvalue weighted by Crippen LogP contribution is -2.35. The minimum absolute atomic E-state index is 0.109. The van der Waals surface area contributed by atoms with Gasteiger partial charge in [-0.15, -0.1) is 0 Å². The van der Waals surface area contributed by atoms with E-state index >= 15 is 0 Å². The number of hydrogen-bond acceptors (Lipinski definition) is 8. The zero-order valence-electron chi connectivity index (χ0n) is 12.5. The summed E-state index contributed by atoms with van der Waals surface area (Å²) in [6.07, 6.45) is 0.637. The minimum atomic E-state index is -0.589. The lowest BCUT2D eigenvalue weighted by Gasteiger charge is -2.16. The van der Waals surface area contributed by atoms with Crippen LogP contribution >= 0.6 is 0 Å². The van der Waals surface area contributed by atoms with Crippen LogP contribution in [-0.4, -0.2) is 49.6 Å². The molecule has 4 atom stereocenters. The molecule has 8 heteroatoms. The van der Waals surface area contributed by atoms with Crippen LogP contribution < -0.4 is 0 Å². The molecule has 0 N–H and O–H groups in total. The van der Waals surface area contributed by atoms with Gasteiger partial charge in [0.25, 0.3) is 0 Å². The predicted molar refractivity (Wildman–Crippen MR) is 75.3 cm³/mol. The molecule has 8 nitrogen and oxygen atoms in total. The van der Waals surface area contributed by atoms with Crippen molar-refractivity contribution in [1.82, 2.24) is 0 Å². The number of carbonyl (C=O) groups excluding carboxylic acids is 2. The first-order valence-corrected chi connectivity index (χ1v) is 7.44. The molecule has 126 valence electrons. The molecule has 0 saturated carbocycles. The van der Waals surface area contributed by atoms with Crippen molar-refractivity contribution < 1.29 is 37.4 Å². The van der Waals surface area contributed by atoms with Crippen LogP contribution in [0.4, 0.5) is 0 Å². The molecule has 2 aliphatic rings. The van der Waals surface area contributed by atoms with E-state index in [0.29, 0.717) is 0 Å². The molecule has 0 spiro atoms. The second-order valence-electron chi connectivity index (χ2n) is 5.44. The minimum Gasteiger partial charge on any atom is -0.457 e. The predicted octanol–water partition coefficient (Wildman–Crippen LogP) is 1.42. The third kappa shape index (κ3) is 2.70. The van der Waals surface area contributed by atoms with Gasteiger partial charge in [0.1, 0.15) is 12.2 Å². The van der Waals surface area contributed by atoms with Crippen LogP contribution in [0.25, 0.3) is 0 Å². The molecule has 0 amide bonds. The Balaban J connectivity index is 1.37. The summed E-state index contributed by atoms with van der Waals surface area (Å²) in [6.45, 7) is 0.327. The van der Waals surface area contributed by atoms with Gasteiger partial charge in [-0.05, 0) is 24.3 Å². The Morgan fingerprint density at radius 2 is 1.29 bits per heavy atom. The Morgan fingerprint density at radius 3 is 1.67 bits per heavy atom. The summed E-state index contributed by atoms with van der Waals surface area (Å²) in [4.78, 5) is 23.9. The summed E-state index contributed by atoms with van der Waals surface area (Å²) in [5, 5.41) is 0. The Kier molecular flexibility index (Phi) is 3.83. The molecule has 4 rings (SSSR count). The van der Waals surface area contributed by atoms with Crippen LogP contribution in [-0.2, 0) is 18.9 Å². The standard InChI is InChI=1S/C16H14O8/c17-15(9-3-1-5-19-9)23-11-7-21-14-12(8-22-13(11)14)24-16(18)10-4-2-6-20-10/h1-6,11-14H,7-8H2/t11-,12+,13-,14-/m0/s1. The second kappa shape index (κ2) is 6.14. The summed E-state index contributed by atoms with van der Waals surface area (Å²) in [5.41, 5.74) is 0. The van der Waals surface area contributed by atoms with Crippen LogP contribution in [0, 0.1) is 0 Å². The highest BCUT2D eigenvalue weighted by molar-refractivity contribution is 5.86. The molecule has 0 aliphatic carbocycles. The van der Waals surface area contributed by atoms with E-state index < -0.39 is 36.4 Å². The van der Waals surface area contributed by atoms with Crippen LogP contribution in [0.5, 0.6) is 0 Å². The molecule has 2 aromatic heterocycles. The molecule has 4 heterocycles. The van der Waals surface area contributed by atoms with E-state index in [4.69, 9.17) is 27.8 Å². The highest BCUT2D eigenvalue weighted by Crippen LogP contribution is 2.31. The van der Waals surface area contributed by atoms with Crippen LogP contribution in [0.15, 0.2) is 45.6 Å². The third-order valence-electron chi connectivity index (χ3n) is 3.92. The topological polar surface area (TPSA) is 97.3 Å². The van der Waals surface area contributed by atoms with E-state index in [2.05, 4.69) is 0 Å². The lowest BCUT2D eigenvalue weighted by molar-refractivity contribution is -0.0307.